The molecule has 0 radical (unpaired) electrons. The predicted octanol–water partition coefficient (Wildman–Crippen LogP) is 16.1. The normalized spacial score (nSPS) is 13.6. The Hall–Kier alpha value is -3.55. The Kier molecular flexibility index (Phi) is 11.4. The van der Waals surface area contributed by atoms with Crippen LogP contribution < -0.4 is 13.6 Å². The van der Waals surface area contributed by atoms with Crippen molar-refractivity contribution in [2.75, 3.05) is 0 Å². The average Bonchev–Trinajstić information content (AvgIpc) is 3.01. The maximum absolute atomic E-state index is 7.16. The Bertz CT molecular complexity index is 2020. The molecule has 4 heteroatoms. The molecule has 296 valence electrons. The molecule has 0 aliphatic carbocycles. The number of hydrogen-bond acceptors (Lipinski definition) is 3. The number of fused-ring (bicyclic) bond motifs is 2. The summed E-state index contributed by atoms with van der Waals surface area (Å²) in [6, 6.07) is 31.0. The van der Waals surface area contributed by atoms with Gasteiger partial charge < -0.3 is 13.6 Å². The van der Waals surface area contributed by atoms with Crippen LogP contribution in [0, 0.1) is 10.8 Å². The summed E-state index contributed by atoms with van der Waals surface area (Å²) in [7, 11) is -1.99. The van der Waals surface area contributed by atoms with Gasteiger partial charge >= 0.3 is 8.60 Å². The summed E-state index contributed by atoms with van der Waals surface area (Å²) in [6.45, 7) is 41.0. The fourth-order valence-corrected chi connectivity index (χ4v) is 9.20. The topological polar surface area (TPSA) is 27.7 Å². The van der Waals surface area contributed by atoms with E-state index in [1.54, 1.807) is 0 Å². The molecule has 0 saturated carbocycles. The average molecular weight is 761 g/mol. The van der Waals surface area contributed by atoms with Gasteiger partial charge in [0.2, 0.25) is 0 Å². The second-order valence-electron chi connectivity index (χ2n) is 22.0. The van der Waals surface area contributed by atoms with Gasteiger partial charge in [0, 0.05) is 11.1 Å². The first-order valence-electron chi connectivity index (χ1n) is 20.1. The van der Waals surface area contributed by atoms with E-state index in [1.807, 2.05) is 0 Å². The molecule has 0 N–H and O–H groups in total. The third-order valence-corrected chi connectivity index (χ3v) is 11.7. The minimum absolute atomic E-state index is 0.0184. The number of benzene rings is 5. The highest BCUT2D eigenvalue weighted by atomic mass is 31.2. The number of para-hydroxylation sites is 1. The molecule has 0 bridgehead atoms. The molecule has 0 spiro atoms. The van der Waals surface area contributed by atoms with Crippen LogP contribution in [0.5, 0.6) is 17.2 Å². The lowest BCUT2D eigenvalue weighted by Gasteiger charge is -2.42. The summed E-state index contributed by atoms with van der Waals surface area (Å²) in [4.78, 5) is 0. The van der Waals surface area contributed by atoms with E-state index in [4.69, 9.17) is 13.6 Å². The fraction of sp³-hybridized carbons (Fsp3) is 0.490. The molecule has 0 unspecified atom stereocenters. The first-order chi connectivity index (χ1) is 25.0. The Labute approximate surface area is 335 Å². The molecule has 0 aliphatic heterocycles. The molecule has 55 heavy (non-hydrogen) atoms. The summed E-state index contributed by atoms with van der Waals surface area (Å²) < 4.78 is 21.4. The van der Waals surface area contributed by atoms with Gasteiger partial charge in [-0.3, -0.25) is 0 Å². The van der Waals surface area contributed by atoms with Gasteiger partial charge in [0.05, 0.1) is 0 Å². The number of hydrogen-bond donors (Lipinski definition) is 0. The SMILES string of the molecule is CC(C)(C)c1ccc2cc(OP(Oc3ccccc3C(C(C)(C)C)C(C)(C)C)Oc3cc4ccc(C(C)(C)C)cc4cc3C(C)(C)C)c(C(C)(C)C)cc2c1. The van der Waals surface area contributed by atoms with E-state index in [1.165, 1.54) is 21.9 Å². The van der Waals surface area contributed by atoms with Crippen LogP contribution in [-0.2, 0) is 21.7 Å². The smallest absolute Gasteiger partial charge is 0.408 e. The molecular formula is C51H69O3P. The highest BCUT2D eigenvalue weighted by Gasteiger charge is 2.39. The molecule has 5 rings (SSSR count). The molecule has 0 fully saturated rings. The zero-order valence-corrected chi connectivity index (χ0v) is 38.2. The van der Waals surface area contributed by atoms with Crippen LogP contribution in [-0.4, -0.2) is 0 Å². The highest BCUT2D eigenvalue weighted by Crippen LogP contribution is 2.54. The summed E-state index contributed by atoms with van der Waals surface area (Å²) in [5, 5.41) is 4.67. The molecule has 0 atom stereocenters. The Morgan fingerprint density at radius 3 is 1.13 bits per heavy atom. The molecule has 3 nitrogen and oxygen atoms in total. The van der Waals surface area contributed by atoms with Gasteiger partial charge in [-0.25, -0.2) is 0 Å². The quantitative estimate of drug-likeness (QED) is 0.155. The highest BCUT2D eigenvalue weighted by molar-refractivity contribution is 7.43. The maximum Gasteiger partial charge on any atom is 0.530 e. The van der Waals surface area contributed by atoms with E-state index < -0.39 is 8.60 Å². The third kappa shape index (κ3) is 9.89. The lowest BCUT2D eigenvalue weighted by atomic mass is 9.63. The predicted molar refractivity (Wildman–Crippen MR) is 240 cm³/mol. The largest absolute Gasteiger partial charge is 0.530 e. The van der Waals surface area contributed by atoms with Crippen molar-refractivity contribution in [3.8, 4) is 17.2 Å². The summed E-state index contributed by atoms with van der Waals surface area (Å²) in [5.74, 6) is 2.56. The van der Waals surface area contributed by atoms with Crippen molar-refractivity contribution in [2.45, 2.75) is 152 Å². The van der Waals surface area contributed by atoms with Crippen molar-refractivity contribution in [3.63, 3.8) is 0 Å². The first kappa shape index (κ1) is 42.6. The van der Waals surface area contributed by atoms with Crippen LogP contribution in [0.1, 0.15) is 158 Å². The maximum atomic E-state index is 7.16. The monoisotopic (exact) mass is 760 g/mol. The fourth-order valence-electron chi connectivity index (χ4n) is 8.14. The van der Waals surface area contributed by atoms with Gasteiger partial charge in [0.1, 0.15) is 17.2 Å². The Morgan fingerprint density at radius 2 is 0.764 bits per heavy atom. The van der Waals surface area contributed by atoms with Crippen LogP contribution in [0.2, 0.25) is 0 Å². The molecule has 5 aromatic carbocycles. The van der Waals surface area contributed by atoms with E-state index in [0.29, 0.717) is 0 Å². The van der Waals surface area contributed by atoms with Crippen molar-refractivity contribution >= 4 is 30.1 Å². The Balaban J connectivity index is 1.72. The standard InChI is InChI=1S/C51H69O3P/c1-46(2,3)37-25-23-33-31-43(40(48(7,8)9)29-35(33)27-37)53-55(52-42-22-20-19-21-39(42)45(50(13,14)15)51(16,17)18)54-44-32-34-24-26-38(47(4,5)6)28-36(34)30-41(44)49(10,11)12/h19-32,45H,1-18H3. The van der Waals surface area contributed by atoms with E-state index in [-0.39, 0.29) is 38.4 Å². The van der Waals surface area contributed by atoms with Gasteiger partial charge in [-0.2, -0.15) is 0 Å². The molecule has 0 saturated heterocycles. The van der Waals surface area contributed by atoms with Gasteiger partial charge in [-0.1, -0.05) is 179 Å². The van der Waals surface area contributed by atoms with Crippen molar-refractivity contribution in [1.29, 1.82) is 0 Å². The van der Waals surface area contributed by atoms with Gasteiger partial charge in [-0.15, -0.1) is 0 Å². The molecule has 0 aliphatic rings. The first-order valence-corrected chi connectivity index (χ1v) is 21.2. The van der Waals surface area contributed by atoms with Gasteiger partial charge in [-0.05, 0) is 107 Å². The second-order valence-corrected chi connectivity index (χ2v) is 23.0. The van der Waals surface area contributed by atoms with Crippen LogP contribution >= 0.6 is 8.60 Å². The Morgan fingerprint density at radius 1 is 0.382 bits per heavy atom. The summed E-state index contributed by atoms with van der Waals surface area (Å²) in [6.07, 6.45) is 0. The van der Waals surface area contributed by atoms with Crippen molar-refractivity contribution in [2.24, 2.45) is 10.8 Å². The van der Waals surface area contributed by atoms with Gasteiger partial charge in [0.15, 0.2) is 0 Å². The lowest BCUT2D eigenvalue weighted by Crippen LogP contribution is -2.30. The summed E-state index contributed by atoms with van der Waals surface area (Å²) in [5.41, 5.74) is 5.68. The third-order valence-electron chi connectivity index (χ3n) is 10.7. The van der Waals surface area contributed by atoms with Crippen molar-refractivity contribution in [1.82, 2.24) is 0 Å². The zero-order valence-electron chi connectivity index (χ0n) is 37.3. The van der Waals surface area contributed by atoms with E-state index in [2.05, 4.69) is 210 Å². The lowest BCUT2D eigenvalue weighted by molar-refractivity contribution is 0.173. The second kappa shape index (κ2) is 14.8. The van der Waals surface area contributed by atoms with E-state index >= 15 is 0 Å². The zero-order chi connectivity index (χ0) is 41.1. The summed E-state index contributed by atoms with van der Waals surface area (Å²) >= 11 is 0. The minimum Gasteiger partial charge on any atom is -0.408 e. The van der Waals surface area contributed by atoms with Crippen LogP contribution in [0.4, 0.5) is 0 Å². The molecular weight excluding hydrogens is 692 g/mol. The van der Waals surface area contributed by atoms with Crippen molar-refractivity contribution < 1.29 is 13.6 Å². The molecule has 0 heterocycles. The van der Waals surface area contributed by atoms with Gasteiger partial charge in [0.25, 0.3) is 0 Å². The van der Waals surface area contributed by atoms with E-state index in [9.17, 15) is 0 Å². The van der Waals surface area contributed by atoms with Crippen LogP contribution in [0.25, 0.3) is 21.5 Å². The molecule has 0 aromatic heterocycles. The minimum atomic E-state index is -1.99. The van der Waals surface area contributed by atoms with Crippen LogP contribution in [0.3, 0.4) is 0 Å². The number of rotatable bonds is 7. The van der Waals surface area contributed by atoms with Crippen molar-refractivity contribution in [3.05, 3.63) is 113 Å². The molecule has 0 amide bonds. The molecule has 5 aromatic rings. The van der Waals surface area contributed by atoms with Crippen LogP contribution in [0.15, 0.2) is 84.9 Å². The van der Waals surface area contributed by atoms with E-state index in [0.717, 1.165) is 44.7 Å².